The first-order valence-corrected chi connectivity index (χ1v) is 7.38. The lowest BCUT2D eigenvalue weighted by Crippen LogP contribution is -2.52. The van der Waals surface area contributed by atoms with Gasteiger partial charge in [-0.2, -0.15) is 0 Å². The Kier molecular flexibility index (Phi) is 5.20. The third-order valence-electron chi connectivity index (χ3n) is 3.47. The maximum Gasteiger partial charge on any atom is 0.321 e. The number of carbonyl (C=O) groups is 1. The molecule has 0 aromatic carbocycles. The van der Waals surface area contributed by atoms with E-state index in [-0.39, 0.29) is 6.03 Å². The van der Waals surface area contributed by atoms with Crippen LogP contribution in [0.3, 0.4) is 0 Å². The van der Waals surface area contributed by atoms with Crippen LogP contribution in [0.2, 0.25) is 0 Å². The molecule has 1 aromatic rings. The molecular weight excluding hydrogens is 284 g/mol. The molecule has 0 bridgehead atoms. The summed E-state index contributed by atoms with van der Waals surface area (Å²) in [5.74, 6) is 0.466. The smallest absolute Gasteiger partial charge is 0.321 e. The van der Waals surface area contributed by atoms with Crippen molar-refractivity contribution in [3.63, 3.8) is 0 Å². The zero-order chi connectivity index (χ0) is 16.2. The molecule has 2 N–H and O–H groups in total. The number of carbonyl (C=O) groups excluding carboxylic acids is 1. The molecule has 1 saturated heterocycles. The van der Waals surface area contributed by atoms with E-state index in [0.717, 1.165) is 13.1 Å². The number of ether oxygens (including phenoxy) is 1. The maximum absolute atomic E-state index is 12.2. The summed E-state index contributed by atoms with van der Waals surface area (Å²) in [7, 11) is 1.54. The van der Waals surface area contributed by atoms with Crippen molar-refractivity contribution in [1.29, 1.82) is 0 Å². The van der Waals surface area contributed by atoms with Gasteiger partial charge >= 0.3 is 6.03 Å². The minimum absolute atomic E-state index is 0.129. The highest BCUT2D eigenvalue weighted by atomic mass is 16.5. The molecule has 1 aliphatic rings. The predicted molar refractivity (Wildman–Crippen MR) is 84.1 cm³/mol. The van der Waals surface area contributed by atoms with E-state index >= 15 is 0 Å². The number of hydrogen-bond donors (Lipinski definition) is 2. The largest absolute Gasteiger partial charge is 0.481 e. The van der Waals surface area contributed by atoms with Gasteiger partial charge in [-0.15, -0.1) is 0 Å². The van der Waals surface area contributed by atoms with Crippen molar-refractivity contribution in [1.82, 2.24) is 14.8 Å². The van der Waals surface area contributed by atoms with E-state index in [4.69, 9.17) is 4.74 Å². The van der Waals surface area contributed by atoms with Gasteiger partial charge in [0.05, 0.1) is 12.7 Å². The first-order chi connectivity index (χ1) is 10.4. The molecule has 2 amide bonds. The Morgan fingerprint density at radius 2 is 2.09 bits per heavy atom. The molecule has 22 heavy (non-hydrogen) atoms. The van der Waals surface area contributed by atoms with Crippen LogP contribution >= 0.6 is 0 Å². The fourth-order valence-electron chi connectivity index (χ4n) is 2.46. The molecule has 7 nitrogen and oxygen atoms in total. The Morgan fingerprint density at radius 1 is 1.41 bits per heavy atom. The molecule has 0 spiro atoms. The molecule has 1 aromatic heterocycles. The lowest BCUT2D eigenvalue weighted by Gasteiger charge is -2.37. The Hall–Kier alpha value is -1.86. The molecule has 0 saturated carbocycles. The molecular formula is C15H24N4O3. The number of rotatable bonds is 4. The maximum atomic E-state index is 12.2. The number of anilines is 1. The monoisotopic (exact) mass is 308 g/mol. The van der Waals surface area contributed by atoms with E-state index in [9.17, 15) is 9.90 Å². The Labute approximate surface area is 130 Å². The second kappa shape index (κ2) is 6.93. The molecule has 1 fully saturated rings. The summed E-state index contributed by atoms with van der Waals surface area (Å²) in [6.07, 6.45) is 1.59. The van der Waals surface area contributed by atoms with Crippen LogP contribution in [0, 0.1) is 0 Å². The average Bonchev–Trinajstić information content (AvgIpc) is 2.46. The number of piperazine rings is 1. The first kappa shape index (κ1) is 16.5. The number of β-amino-alcohol motifs (C(OH)–C–C–N with tert-alkyl or cyclic N) is 1. The Bertz CT molecular complexity index is 508. The first-order valence-electron chi connectivity index (χ1n) is 7.38. The van der Waals surface area contributed by atoms with Crippen molar-refractivity contribution in [2.45, 2.75) is 19.4 Å². The van der Waals surface area contributed by atoms with Gasteiger partial charge < -0.3 is 20.1 Å². The van der Waals surface area contributed by atoms with Crippen molar-refractivity contribution >= 4 is 11.7 Å². The summed E-state index contributed by atoms with van der Waals surface area (Å²) < 4.78 is 5.04. The van der Waals surface area contributed by atoms with E-state index in [0.29, 0.717) is 31.2 Å². The number of methoxy groups -OCH3 is 1. The van der Waals surface area contributed by atoms with Gasteiger partial charge in [0.2, 0.25) is 5.88 Å². The number of nitrogens with one attached hydrogen (secondary N) is 1. The van der Waals surface area contributed by atoms with Gasteiger partial charge in [-0.05, 0) is 19.9 Å². The third kappa shape index (κ3) is 4.85. The molecule has 2 rings (SSSR count). The molecule has 2 heterocycles. The van der Waals surface area contributed by atoms with Gasteiger partial charge in [0, 0.05) is 50.7 Å². The SMILES string of the molecule is COc1cc(NC(=O)N2CCN(CC(C)(C)O)CC2)ccn1. The second-order valence-corrected chi connectivity index (χ2v) is 6.09. The molecule has 1 aliphatic heterocycles. The quantitative estimate of drug-likeness (QED) is 0.868. The molecule has 0 aliphatic carbocycles. The zero-order valence-electron chi connectivity index (χ0n) is 13.4. The van der Waals surface area contributed by atoms with Crippen LogP contribution in [-0.4, -0.2) is 71.4 Å². The molecule has 0 atom stereocenters. The number of hydrogen-bond acceptors (Lipinski definition) is 5. The fourth-order valence-corrected chi connectivity index (χ4v) is 2.46. The van der Waals surface area contributed by atoms with Crippen molar-refractivity contribution in [2.24, 2.45) is 0 Å². The van der Waals surface area contributed by atoms with Crippen LogP contribution in [0.15, 0.2) is 18.3 Å². The molecule has 7 heteroatoms. The van der Waals surface area contributed by atoms with Crippen LogP contribution < -0.4 is 10.1 Å². The second-order valence-electron chi connectivity index (χ2n) is 6.09. The third-order valence-corrected chi connectivity index (χ3v) is 3.47. The molecule has 0 unspecified atom stereocenters. The summed E-state index contributed by atoms with van der Waals surface area (Å²) in [6.45, 7) is 7.01. The number of urea groups is 1. The number of nitrogens with zero attached hydrogens (tertiary/aromatic N) is 3. The number of pyridine rings is 1. The molecule has 0 radical (unpaired) electrons. The normalized spacial score (nSPS) is 16.5. The van der Waals surface area contributed by atoms with Gasteiger partial charge in [-0.3, -0.25) is 4.90 Å². The highest BCUT2D eigenvalue weighted by molar-refractivity contribution is 5.89. The van der Waals surface area contributed by atoms with E-state index in [1.807, 2.05) is 0 Å². The van der Waals surface area contributed by atoms with Gasteiger partial charge in [-0.1, -0.05) is 0 Å². The summed E-state index contributed by atoms with van der Waals surface area (Å²) in [4.78, 5) is 20.2. The van der Waals surface area contributed by atoms with Crippen LogP contribution in [0.1, 0.15) is 13.8 Å². The highest BCUT2D eigenvalue weighted by Crippen LogP contribution is 2.15. The minimum atomic E-state index is -0.710. The standard InChI is InChI=1S/C15H24N4O3/c1-15(2,21)11-18-6-8-19(9-7-18)14(20)17-12-4-5-16-13(10-12)22-3/h4-5,10,21H,6-9,11H2,1-3H3,(H,16,17,20). The fraction of sp³-hybridized carbons (Fsp3) is 0.600. The zero-order valence-corrected chi connectivity index (χ0v) is 13.4. The number of amides is 2. The van der Waals surface area contributed by atoms with Crippen LogP contribution in [0.5, 0.6) is 5.88 Å². The summed E-state index contributed by atoms with van der Waals surface area (Å²) in [5, 5.41) is 12.7. The predicted octanol–water partition coefficient (Wildman–Crippen LogP) is 1.01. The van der Waals surface area contributed by atoms with Crippen LogP contribution in [0.25, 0.3) is 0 Å². The Morgan fingerprint density at radius 3 is 2.68 bits per heavy atom. The van der Waals surface area contributed by atoms with Gasteiger partial charge in [0.1, 0.15) is 0 Å². The molecule has 122 valence electrons. The van der Waals surface area contributed by atoms with Gasteiger partial charge in [0.25, 0.3) is 0 Å². The highest BCUT2D eigenvalue weighted by Gasteiger charge is 2.25. The topological polar surface area (TPSA) is 77.9 Å². The average molecular weight is 308 g/mol. The summed E-state index contributed by atoms with van der Waals surface area (Å²) in [5.41, 5.74) is -0.0475. The Balaban J connectivity index is 1.84. The lowest BCUT2D eigenvalue weighted by atomic mass is 10.1. The van der Waals surface area contributed by atoms with Crippen LogP contribution in [-0.2, 0) is 0 Å². The van der Waals surface area contributed by atoms with Crippen molar-refractivity contribution in [3.8, 4) is 5.88 Å². The van der Waals surface area contributed by atoms with Crippen LogP contribution in [0.4, 0.5) is 10.5 Å². The van der Waals surface area contributed by atoms with E-state index in [2.05, 4.69) is 15.2 Å². The number of aromatic nitrogens is 1. The van der Waals surface area contributed by atoms with Crippen molar-refractivity contribution in [3.05, 3.63) is 18.3 Å². The van der Waals surface area contributed by atoms with E-state index in [1.54, 1.807) is 37.1 Å². The van der Waals surface area contributed by atoms with E-state index < -0.39 is 5.60 Å². The summed E-state index contributed by atoms with van der Waals surface area (Å²) in [6, 6.07) is 3.28. The van der Waals surface area contributed by atoms with E-state index in [1.165, 1.54) is 7.11 Å². The summed E-state index contributed by atoms with van der Waals surface area (Å²) >= 11 is 0. The van der Waals surface area contributed by atoms with Gasteiger partial charge in [0.15, 0.2) is 0 Å². The van der Waals surface area contributed by atoms with Crippen molar-refractivity contribution < 1.29 is 14.6 Å². The number of aliphatic hydroxyl groups is 1. The van der Waals surface area contributed by atoms with Gasteiger partial charge in [-0.25, -0.2) is 9.78 Å². The van der Waals surface area contributed by atoms with Crippen molar-refractivity contribution in [2.75, 3.05) is 45.2 Å². The minimum Gasteiger partial charge on any atom is -0.481 e. The lowest BCUT2D eigenvalue weighted by molar-refractivity contribution is 0.0231.